The third-order valence-corrected chi connectivity index (χ3v) is 12.2. The van der Waals surface area contributed by atoms with E-state index in [1.54, 1.807) is 6.07 Å². The van der Waals surface area contributed by atoms with Gasteiger partial charge in [0.25, 0.3) is 0 Å². The van der Waals surface area contributed by atoms with Crippen molar-refractivity contribution in [1.29, 1.82) is 0 Å². The van der Waals surface area contributed by atoms with Crippen LogP contribution in [0.15, 0.2) is 35.2 Å². The molecule has 0 aromatic heterocycles. The minimum Gasteiger partial charge on any atom is -0.317 e. The summed E-state index contributed by atoms with van der Waals surface area (Å²) in [6, 6.07) is 5.99. The maximum Gasteiger partial charge on any atom is 0.358 e. The van der Waals surface area contributed by atoms with E-state index in [2.05, 4.69) is 6.92 Å². The fourth-order valence-corrected chi connectivity index (χ4v) is 9.21. The number of hydrogen-bond acceptors (Lipinski definition) is 1. The highest BCUT2D eigenvalue weighted by Crippen LogP contribution is 3.02. The monoisotopic (exact) mass is 716 g/mol. The molecule has 2 aromatic rings. The van der Waals surface area contributed by atoms with Gasteiger partial charge in [0.15, 0.2) is 4.90 Å². The Balaban J connectivity index is 1.10. The maximum absolute atomic E-state index is 15.3. The van der Waals surface area contributed by atoms with Crippen molar-refractivity contribution in [2.45, 2.75) is 145 Å². The van der Waals surface area contributed by atoms with Crippen molar-refractivity contribution in [1.82, 2.24) is 0 Å². The van der Waals surface area contributed by atoms with Crippen molar-refractivity contribution < 1.29 is 46.1 Å². The largest absolute Gasteiger partial charge is 0.358 e. The Bertz CT molecular complexity index is 1380. The molecule has 3 aliphatic carbocycles. The molecule has 0 heterocycles. The minimum absolute atomic E-state index is 0.0558. The van der Waals surface area contributed by atoms with E-state index in [1.807, 2.05) is 12.1 Å². The number of rotatable bonds is 11. The van der Waals surface area contributed by atoms with Gasteiger partial charge >= 0.3 is 16.3 Å². The zero-order valence-corrected chi connectivity index (χ0v) is 28.1. The predicted molar refractivity (Wildman–Crippen MR) is 169 cm³/mol. The molecule has 48 heavy (non-hydrogen) atoms. The van der Waals surface area contributed by atoms with Crippen LogP contribution in [0.25, 0.3) is 0 Å². The van der Waals surface area contributed by atoms with E-state index < -0.39 is 50.8 Å². The van der Waals surface area contributed by atoms with Crippen LogP contribution in [0.3, 0.4) is 0 Å². The Kier molecular flexibility index (Phi) is 10.6. The Labute approximate surface area is 276 Å². The molecule has 12 heteroatoms. The van der Waals surface area contributed by atoms with Crippen LogP contribution >= 0.6 is 10.2 Å². The fraction of sp³-hybridized carbons (Fsp3) is 0.667. The average molecular weight is 717 g/mol. The zero-order chi connectivity index (χ0) is 35.0. The van der Waals surface area contributed by atoms with Gasteiger partial charge in [0.1, 0.15) is 17.5 Å². The summed E-state index contributed by atoms with van der Waals surface area (Å²) in [7, 11) is -10.6. The maximum atomic E-state index is 15.3. The van der Waals surface area contributed by atoms with Gasteiger partial charge in [-0.2, -0.15) is 8.78 Å². The molecule has 3 fully saturated rings. The molecule has 0 saturated heterocycles. The van der Waals surface area contributed by atoms with Gasteiger partial charge in [-0.25, -0.2) is 13.2 Å². The minimum atomic E-state index is -10.6. The molecule has 0 spiro atoms. The Morgan fingerprint density at radius 3 is 1.71 bits per heavy atom. The van der Waals surface area contributed by atoms with Gasteiger partial charge in [0.05, 0.1) is 12.0 Å². The lowest BCUT2D eigenvalue weighted by molar-refractivity contribution is -0.300. The number of alkyl halides is 2. The number of hydrogen-bond donors (Lipinski definition) is 0. The summed E-state index contributed by atoms with van der Waals surface area (Å²) in [6.07, 6.45) is 6.49. The van der Waals surface area contributed by atoms with Gasteiger partial charge in [0.2, 0.25) is 0 Å². The Hall–Kier alpha value is -1.95. The lowest BCUT2D eigenvalue weighted by Gasteiger charge is -2.41. The van der Waals surface area contributed by atoms with Gasteiger partial charge in [-0.15, -0.1) is 0 Å². The van der Waals surface area contributed by atoms with E-state index in [0.29, 0.717) is 24.3 Å². The SMILES string of the molecule is CCCCCC1CCC(c2ccc(C3CCC(C(F)(F)OC4CCC(c5cc(F)c(S(F)(F)(F)(F)F)c(F)c5)CC4)CC3)c(F)c2)CC1. The lowest BCUT2D eigenvalue weighted by atomic mass is 9.75. The number of unbranched alkanes of at least 4 members (excludes halogenated alkanes) is 2. The second-order valence-corrected chi connectivity index (χ2v) is 16.8. The highest BCUT2D eigenvalue weighted by atomic mass is 32.5. The topological polar surface area (TPSA) is 9.23 Å². The van der Waals surface area contributed by atoms with E-state index >= 15 is 13.2 Å². The highest BCUT2D eigenvalue weighted by molar-refractivity contribution is 8.45. The molecule has 5 rings (SSSR count). The van der Waals surface area contributed by atoms with E-state index in [4.69, 9.17) is 4.74 Å². The Morgan fingerprint density at radius 2 is 1.17 bits per heavy atom. The van der Waals surface area contributed by atoms with Gasteiger partial charge in [0, 0.05) is 0 Å². The molecule has 0 N–H and O–H groups in total. The molecule has 272 valence electrons. The van der Waals surface area contributed by atoms with Gasteiger partial charge in [-0.05, 0) is 136 Å². The normalized spacial score (nSPS) is 28.9. The van der Waals surface area contributed by atoms with Gasteiger partial charge < -0.3 is 4.74 Å². The van der Waals surface area contributed by atoms with Crippen molar-refractivity contribution in [2.24, 2.45) is 11.8 Å². The second kappa shape index (κ2) is 13.6. The first-order valence-corrected chi connectivity index (χ1v) is 19.4. The van der Waals surface area contributed by atoms with Gasteiger partial charge in [-0.1, -0.05) is 64.2 Å². The Morgan fingerprint density at radius 1 is 0.646 bits per heavy atom. The molecule has 3 aliphatic rings. The van der Waals surface area contributed by atoms with Crippen LogP contribution < -0.4 is 0 Å². The molecule has 0 aliphatic heterocycles. The molecular weight excluding hydrogens is 670 g/mol. The van der Waals surface area contributed by atoms with Crippen LogP contribution in [0, 0.1) is 29.3 Å². The molecular formula is C36H46F10OS. The van der Waals surface area contributed by atoms with Crippen LogP contribution in [0.5, 0.6) is 0 Å². The molecule has 0 bridgehead atoms. The number of halogens is 10. The molecule has 0 unspecified atom stereocenters. The quantitative estimate of drug-likeness (QED) is 0.166. The van der Waals surface area contributed by atoms with E-state index in [9.17, 15) is 28.2 Å². The standard InChI is InChI=1S/C36H46F10OS/c1-2-3-4-5-23-6-8-24(9-7-23)27-14-19-31(32(37)20-27)26-10-15-29(16-11-26)36(40,41)47-30-17-12-25(13-18-30)28-21-33(38)35(34(39)22-28)48(42,43,44,45)46/h14,19-26,29-30H,2-13,15-18H2,1H3. The first-order valence-electron chi connectivity index (χ1n) is 17.4. The lowest BCUT2D eigenvalue weighted by Crippen LogP contribution is -2.38. The summed E-state index contributed by atoms with van der Waals surface area (Å²) >= 11 is 0. The van der Waals surface area contributed by atoms with Crippen LogP contribution in [0.4, 0.5) is 41.4 Å². The van der Waals surface area contributed by atoms with Crippen LogP contribution in [0.1, 0.15) is 144 Å². The van der Waals surface area contributed by atoms with Crippen molar-refractivity contribution in [3.63, 3.8) is 0 Å². The molecule has 0 radical (unpaired) electrons. The number of ether oxygens (including phenoxy) is 1. The van der Waals surface area contributed by atoms with Crippen molar-refractivity contribution in [3.8, 4) is 0 Å². The predicted octanol–water partition coefficient (Wildman–Crippen LogP) is 14.2. The summed E-state index contributed by atoms with van der Waals surface area (Å²) < 4.78 is 145. The third kappa shape index (κ3) is 9.04. The van der Waals surface area contributed by atoms with Crippen LogP contribution in [-0.4, -0.2) is 12.2 Å². The average Bonchev–Trinajstić information content (AvgIpc) is 3.00. The van der Waals surface area contributed by atoms with E-state index in [0.717, 1.165) is 24.3 Å². The molecule has 0 atom stereocenters. The van der Waals surface area contributed by atoms with Gasteiger partial charge in [-0.3, -0.25) is 0 Å². The summed E-state index contributed by atoms with van der Waals surface area (Å²) in [6.45, 7) is 2.20. The number of benzene rings is 2. The van der Waals surface area contributed by atoms with Crippen LogP contribution in [-0.2, 0) is 4.74 Å². The second-order valence-electron chi connectivity index (χ2n) is 14.5. The smallest absolute Gasteiger partial charge is 0.317 e. The molecule has 2 aromatic carbocycles. The highest BCUT2D eigenvalue weighted by Gasteiger charge is 2.69. The molecule has 0 amide bonds. The zero-order valence-electron chi connectivity index (χ0n) is 27.3. The van der Waals surface area contributed by atoms with Crippen molar-refractivity contribution in [3.05, 3.63) is 64.5 Å². The third-order valence-electron chi connectivity index (χ3n) is 11.1. The van der Waals surface area contributed by atoms with Crippen molar-refractivity contribution in [2.75, 3.05) is 0 Å². The fourth-order valence-electron chi connectivity index (χ4n) is 8.35. The summed E-state index contributed by atoms with van der Waals surface area (Å²) in [4.78, 5) is -3.17. The van der Waals surface area contributed by atoms with E-state index in [1.165, 1.54) is 38.5 Å². The summed E-state index contributed by atoms with van der Waals surface area (Å²) in [5.41, 5.74) is 1.35. The molecule has 1 nitrogen and oxygen atoms in total. The molecule has 3 saturated carbocycles. The summed E-state index contributed by atoms with van der Waals surface area (Å²) in [5, 5.41) is 0. The first kappa shape index (κ1) is 37.3. The van der Waals surface area contributed by atoms with Crippen LogP contribution in [0.2, 0.25) is 0 Å². The first-order chi connectivity index (χ1) is 22.3. The van der Waals surface area contributed by atoms with E-state index in [-0.39, 0.29) is 68.0 Å². The summed E-state index contributed by atoms with van der Waals surface area (Å²) in [5.74, 6) is -5.88. The van der Waals surface area contributed by atoms with Crippen molar-refractivity contribution >= 4 is 10.2 Å².